The Labute approximate surface area is 257 Å². The van der Waals surface area contributed by atoms with Gasteiger partial charge in [0.2, 0.25) is 0 Å². The molecular weight excluding hydrogens is 544 g/mol. The highest BCUT2D eigenvalue weighted by molar-refractivity contribution is 6.12. The van der Waals surface area contributed by atoms with Crippen LogP contribution in [0.5, 0.6) is 5.75 Å². The molecule has 5 heteroatoms. The first-order valence-electron chi connectivity index (χ1n) is 15.0. The number of rotatable bonds is 6. The van der Waals surface area contributed by atoms with Crippen LogP contribution in [0, 0.1) is 0 Å². The summed E-state index contributed by atoms with van der Waals surface area (Å²) < 4.78 is 6.32. The predicted octanol–water partition coefficient (Wildman–Crippen LogP) is 8.48. The predicted molar refractivity (Wildman–Crippen MR) is 174 cm³/mol. The van der Waals surface area contributed by atoms with Crippen LogP contribution in [0.15, 0.2) is 151 Å². The van der Waals surface area contributed by atoms with Crippen molar-refractivity contribution in [3.8, 4) is 5.75 Å². The van der Waals surface area contributed by atoms with Gasteiger partial charge in [-0.15, -0.1) is 0 Å². The second-order valence-corrected chi connectivity index (χ2v) is 11.2. The molecule has 2 atom stereocenters. The minimum atomic E-state index is -0.590. The number of hydrogen-bond donors (Lipinski definition) is 1. The molecule has 0 aromatic heterocycles. The number of nitrogens with zero attached hydrogens (tertiary/aromatic N) is 1. The van der Waals surface area contributed by atoms with E-state index in [0.29, 0.717) is 30.6 Å². The van der Waals surface area contributed by atoms with Crippen molar-refractivity contribution in [3.63, 3.8) is 0 Å². The molecule has 1 amide bonds. The third-order valence-electron chi connectivity index (χ3n) is 8.44. The Kier molecular flexibility index (Phi) is 7.51. The number of ketones is 1. The van der Waals surface area contributed by atoms with Gasteiger partial charge in [-0.1, -0.05) is 109 Å². The molecule has 0 saturated carbocycles. The van der Waals surface area contributed by atoms with Crippen LogP contribution in [0.3, 0.4) is 0 Å². The number of fused-ring (bicyclic) bond motifs is 1. The van der Waals surface area contributed by atoms with Gasteiger partial charge in [0.15, 0.2) is 5.78 Å². The topological polar surface area (TPSA) is 58.6 Å². The molecule has 0 bridgehead atoms. The second kappa shape index (κ2) is 12.1. The maximum atomic E-state index is 14.4. The Hall–Kier alpha value is -5.42. The van der Waals surface area contributed by atoms with Gasteiger partial charge in [0.25, 0.3) is 5.91 Å². The second-order valence-electron chi connectivity index (χ2n) is 11.2. The van der Waals surface area contributed by atoms with E-state index in [0.717, 1.165) is 39.5 Å². The number of Topliss-reactive ketones (excluding diaryl/α,β-unsaturated/α-hetero) is 1. The standard InChI is InChI=1S/C39H32N2O3/c42-35-25-30(31-20-10-13-23-36(31)44-26-27-14-4-1-5-15-27)24-33-37(35)38(28-16-6-2-7-17-28)41(34-22-12-11-21-32(34)40-33)39(43)29-18-8-3-9-19-29/h1-23,30,38,40H,24-26H2. The third kappa shape index (κ3) is 5.29. The van der Waals surface area contributed by atoms with E-state index in [-0.39, 0.29) is 17.6 Å². The molecule has 0 spiro atoms. The van der Waals surface area contributed by atoms with E-state index in [1.165, 1.54) is 0 Å². The van der Waals surface area contributed by atoms with E-state index >= 15 is 0 Å². The van der Waals surface area contributed by atoms with Gasteiger partial charge in [-0.05, 0) is 53.4 Å². The largest absolute Gasteiger partial charge is 0.489 e. The molecule has 1 aliphatic heterocycles. The molecule has 216 valence electrons. The van der Waals surface area contributed by atoms with Crippen molar-refractivity contribution >= 4 is 23.1 Å². The van der Waals surface area contributed by atoms with E-state index in [9.17, 15) is 9.59 Å². The summed E-state index contributed by atoms with van der Waals surface area (Å²) >= 11 is 0. The molecular formula is C39H32N2O3. The van der Waals surface area contributed by atoms with Crippen LogP contribution >= 0.6 is 0 Å². The molecule has 1 N–H and O–H groups in total. The van der Waals surface area contributed by atoms with E-state index in [2.05, 4.69) is 11.4 Å². The average molecular weight is 577 g/mol. The minimum Gasteiger partial charge on any atom is -0.489 e. The summed E-state index contributed by atoms with van der Waals surface area (Å²) in [6.07, 6.45) is 0.928. The summed E-state index contributed by atoms with van der Waals surface area (Å²) in [5.74, 6) is 0.569. The van der Waals surface area contributed by atoms with E-state index in [1.54, 1.807) is 4.90 Å². The van der Waals surface area contributed by atoms with Gasteiger partial charge < -0.3 is 10.1 Å². The lowest BCUT2D eigenvalue weighted by atomic mass is 9.78. The number of para-hydroxylation sites is 3. The van der Waals surface area contributed by atoms with Crippen LogP contribution in [-0.4, -0.2) is 11.7 Å². The molecule has 0 fully saturated rings. The summed E-state index contributed by atoms with van der Waals surface area (Å²) in [4.78, 5) is 30.6. The van der Waals surface area contributed by atoms with Crippen LogP contribution in [-0.2, 0) is 11.4 Å². The number of allylic oxidation sites excluding steroid dienone is 1. The zero-order chi connectivity index (χ0) is 29.9. The fourth-order valence-corrected chi connectivity index (χ4v) is 6.39. The van der Waals surface area contributed by atoms with Gasteiger partial charge in [0, 0.05) is 29.2 Å². The lowest BCUT2D eigenvalue weighted by molar-refractivity contribution is -0.116. The molecule has 0 radical (unpaired) electrons. The number of benzene rings is 5. The van der Waals surface area contributed by atoms with Gasteiger partial charge in [-0.25, -0.2) is 0 Å². The van der Waals surface area contributed by atoms with Crippen molar-refractivity contribution in [2.24, 2.45) is 0 Å². The molecule has 5 aromatic rings. The zero-order valence-electron chi connectivity index (χ0n) is 24.2. The zero-order valence-corrected chi connectivity index (χ0v) is 24.2. The minimum absolute atomic E-state index is 0.0223. The van der Waals surface area contributed by atoms with Gasteiger partial charge >= 0.3 is 0 Å². The van der Waals surface area contributed by atoms with Gasteiger partial charge in [0.05, 0.1) is 17.4 Å². The summed E-state index contributed by atoms with van der Waals surface area (Å²) in [7, 11) is 0. The summed E-state index contributed by atoms with van der Waals surface area (Å²) in [5, 5.41) is 3.63. The molecule has 1 heterocycles. The fraction of sp³-hybridized carbons (Fsp3) is 0.128. The van der Waals surface area contributed by atoms with Crippen LogP contribution in [0.25, 0.3) is 0 Å². The maximum absolute atomic E-state index is 14.4. The summed E-state index contributed by atoms with van der Waals surface area (Å²) in [5.41, 5.74) is 6.56. The molecule has 0 saturated heterocycles. The number of ether oxygens (including phenoxy) is 1. The lowest BCUT2D eigenvalue weighted by Gasteiger charge is -2.35. The van der Waals surface area contributed by atoms with Crippen molar-refractivity contribution < 1.29 is 14.3 Å². The Bertz CT molecular complexity index is 1830. The van der Waals surface area contributed by atoms with Gasteiger partial charge in [-0.2, -0.15) is 0 Å². The molecule has 2 unspecified atom stereocenters. The van der Waals surface area contributed by atoms with Crippen LogP contribution in [0.4, 0.5) is 11.4 Å². The summed E-state index contributed by atoms with van der Waals surface area (Å²) in [6.45, 7) is 0.449. The Morgan fingerprint density at radius 2 is 1.36 bits per heavy atom. The normalized spacial score (nSPS) is 17.6. The van der Waals surface area contributed by atoms with E-state index in [4.69, 9.17) is 4.74 Å². The van der Waals surface area contributed by atoms with Crippen LogP contribution in [0.1, 0.15) is 51.8 Å². The van der Waals surface area contributed by atoms with Crippen molar-refractivity contribution in [1.29, 1.82) is 0 Å². The first kappa shape index (κ1) is 27.4. The highest BCUT2D eigenvalue weighted by Crippen LogP contribution is 2.48. The van der Waals surface area contributed by atoms with Crippen molar-refractivity contribution in [3.05, 3.63) is 173 Å². The van der Waals surface area contributed by atoms with E-state index in [1.807, 2.05) is 133 Å². The number of carbonyl (C=O) groups is 2. The van der Waals surface area contributed by atoms with Crippen LogP contribution < -0.4 is 15.0 Å². The first-order chi connectivity index (χ1) is 21.7. The molecule has 7 rings (SSSR count). The number of hydrogen-bond acceptors (Lipinski definition) is 4. The molecule has 1 aliphatic carbocycles. The van der Waals surface area contributed by atoms with Crippen LogP contribution in [0.2, 0.25) is 0 Å². The number of nitrogens with one attached hydrogen (secondary N) is 1. The maximum Gasteiger partial charge on any atom is 0.259 e. The molecule has 5 nitrogen and oxygen atoms in total. The first-order valence-corrected chi connectivity index (χ1v) is 15.0. The Balaban J connectivity index is 1.32. The molecule has 2 aliphatic rings. The Morgan fingerprint density at radius 3 is 2.14 bits per heavy atom. The molecule has 44 heavy (non-hydrogen) atoms. The van der Waals surface area contributed by atoms with Gasteiger partial charge in [0.1, 0.15) is 12.4 Å². The highest BCUT2D eigenvalue weighted by Gasteiger charge is 2.42. The number of amides is 1. The van der Waals surface area contributed by atoms with Crippen molar-refractivity contribution in [1.82, 2.24) is 0 Å². The van der Waals surface area contributed by atoms with Gasteiger partial charge in [-0.3, -0.25) is 14.5 Å². The SMILES string of the molecule is O=C1CC(c2ccccc2OCc2ccccc2)CC2=C1C(c1ccccc1)N(C(=O)c1ccccc1)c1ccccc1N2. The summed E-state index contributed by atoms with van der Waals surface area (Å²) in [6, 6.07) is 44.5. The van der Waals surface area contributed by atoms with Crippen molar-refractivity contribution in [2.45, 2.75) is 31.4 Å². The average Bonchev–Trinajstić information content (AvgIpc) is 3.23. The number of anilines is 2. The number of carbonyl (C=O) groups excluding carboxylic acids is 2. The lowest BCUT2D eigenvalue weighted by Crippen LogP contribution is -2.38. The quantitative estimate of drug-likeness (QED) is 0.220. The fourth-order valence-electron chi connectivity index (χ4n) is 6.39. The van der Waals surface area contributed by atoms with Crippen molar-refractivity contribution in [2.75, 3.05) is 10.2 Å². The third-order valence-corrected chi connectivity index (χ3v) is 8.44. The smallest absolute Gasteiger partial charge is 0.259 e. The van der Waals surface area contributed by atoms with E-state index < -0.39 is 6.04 Å². The highest BCUT2D eigenvalue weighted by atomic mass is 16.5. The molecule has 5 aromatic carbocycles. The Morgan fingerprint density at radius 1 is 0.727 bits per heavy atom. The monoisotopic (exact) mass is 576 g/mol.